The zero-order chi connectivity index (χ0) is 11.4. The van der Waals surface area contributed by atoms with E-state index in [0.717, 1.165) is 29.0 Å². The van der Waals surface area contributed by atoms with Crippen molar-refractivity contribution in [3.63, 3.8) is 0 Å². The summed E-state index contributed by atoms with van der Waals surface area (Å²) in [6.07, 6.45) is 0.785. The van der Waals surface area contributed by atoms with Gasteiger partial charge in [-0.1, -0.05) is 15.9 Å². The molecule has 16 heavy (non-hydrogen) atoms. The Morgan fingerprint density at radius 3 is 2.75 bits per heavy atom. The number of rotatable bonds is 4. The van der Waals surface area contributed by atoms with Gasteiger partial charge in [-0.05, 0) is 36.5 Å². The molecule has 0 bridgehead atoms. The number of halogens is 1. The first-order valence-corrected chi connectivity index (χ1v) is 5.78. The van der Waals surface area contributed by atoms with E-state index in [2.05, 4.69) is 36.7 Å². The molecule has 1 aromatic carbocycles. The van der Waals surface area contributed by atoms with E-state index in [1.54, 1.807) is 0 Å². The van der Waals surface area contributed by atoms with Crippen molar-refractivity contribution in [3.05, 3.63) is 34.6 Å². The van der Waals surface area contributed by atoms with Gasteiger partial charge in [0.05, 0.1) is 5.69 Å². The molecule has 2 aromatic rings. The Labute approximate surface area is 102 Å². The average Bonchev–Trinajstić information content (AvgIpc) is 2.76. The normalized spacial score (nSPS) is 10.6. The van der Waals surface area contributed by atoms with Gasteiger partial charge in [-0.2, -0.15) is 0 Å². The lowest BCUT2D eigenvalue weighted by atomic mass is 10.3. The van der Waals surface area contributed by atoms with Gasteiger partial charge in [0.1, 0.15) is 0 Å². The van der Waals surface area contributed by atoms with E-state index >= 15 is 0 Å². The van der Waals surface area contributed by atoms with Crippen molar-refractivity contribution in [1.29, 1.82) is 0 Å². The highest BCUT2D eigenvalue weighted by Crippen LogP contribution is 2.12. The largest absolute Gasteiger partial charge is 0.319 e. The monoisotopic (exact) mass is 281 g/mol. The molecule has 0 saturated heterocycles. The van der Waals surface area contributed by atoms with Crippen molar-refractivity contribution in [2.24, 2.45) is 0 Å². The van der Waals surface area contributed by atoms with Gasteiger partial charge in [0.25, 0.3) is 0 Å². The molecule has 0 amide bonds. The molecule has 1 aromatic heterocycles. The van der Waals surface area contributed by atoms with Crippen LogP contribution < -0.4 is 5.32 Å². The van der Waals surface area contributed by atoms with Gasteiger partial charge in [0.2, 0.25) is 0 Å². The molecule has 84 valence electrons. The molecular formula is C10H12BrN5. The lowest BCUT2D eigenvalue weighted by Gasteiger charge is -1.97. The van der Waals surface area contributed by atoms with Crippen molar-refractivity contribution in [3.8, 4) is 5.69 Å². The van der Waals surface area contributed by atoms with Crippen LogP contribution in [0.2, 0.25) is 0 Å². The van der Waals surface area contributed by atoms with E-state index in [9.17, 15) is 0 Å². The zero-order valence-electron chi connectivity index (χ0n) is 8.89. The molecule has 0 radical (unpaired) electrons. The number of tetrazole rings is 1. The maximum absolute atomic E-state index is 4.29. The number of nitrogens with one attached hydrogen (secondary N) is 1. The fraction of sp³-hybridized carbons (Fsp3) is 0.300. The van der Waals surface area contributed by atoms with Crippen LogP contribution in [-0.2, 0) is 6.42 Å². The minimum Gasteiger partial charge on any atom is -0.319 e. The predicted molar refractivity (Wildman–Crippen MR) is 64.5 cm³/mol. The van der Waals surface area contributed by atoms with Crippen molar-refractivity contribution in [2.45, 2.75) is 6.42 Å². The summed E-state index contributed by atoms with van der Waals surface area (Å²) in [7, 11) is 1.90. The van der Waals surface area contributed by atoms with E-state index in [1.165, 1.54) is 4.80 Å². The first-order valence-electron chi connectivity index (χ1n) is 4.99. The van der Waals surface area contributed by atoms with Crippen molar-refractivity contribution in [1.82, 2.24) is 25.5 Å². The second kappa shape index (κ2) is 5.18. The molecule has 1 heterocycles. The summed E-state index contributed by atoms with van der Waals surface area (Å²) in [5.41, 5.74) is 0.909. The average molecular weight is 282 g/mol. The smallest absolute Gasteiger partial charge is 0.176 e. The molecular weight excluding hydrogens is 270 g/mol. The van der Waals surface area contributed by atoms with Crippen molar-refractivity contribution in [2.75, 3.05) is 13.6 Å². The van der Waals surface area contributed by atoms with E-state index in [0.29, 0.717) is 0 Å². The minimum atomic E-state index is 0.747. The quantitative estimate of drug-likeness (QED) is 0.915. The molecule has 6 heteroatoms. The molecule has 5 nitrogen and oxygen atoms in total. The second-order valence-electron chi connectivity index (χ2n) is 3.33. The lowest BCUT2D eigenvalue weighted by molar-refractivity contribution is 0.713. The summed E-state index contributed by atoms with van der Waals surface area (Å²) in [6.45, 7) is 0.853. The molecule has 0 aliphatic rings. The van der Waals surface area contributed by atoms with Gasteiger partial charge in [0, 0.05) is 17.4 Å². The third-order valence-electron chi connectivity index (χ3n) is 2.11. The summed E-state index contributed by atoms with van der Waals surface area (Å²) in [4.78, 5) is 1.54. The molecule has 0 aliphatic carbocycles. The fourth-order valence-corrected chi connectivity index (χ4v) is 1.53. The van der Waals surface area contributed by atoms with E-state index in [4.69, 9.17) is 0 Å². The van der Waals surface area contributed by atoms with Crippen LogP contribution in [0.1, 0.15) is 5.82 Å². The van der Waals surface area contributed by atoms with Gasteiger partial charge in [-0.25, -0.2) is 0 Å². The molecule has 0 spiro atoms. The van der Waals surface area contributed by atoms with Gasteiger partial charge < -0.3 is 5.32 Å². The topological polar surface area (TPSA) is 55.6 Å². The highest BCUT2D eigenvalue weighted by atomic mass is 79.9. The van der Waals surface area contributed by atoms with Crippen LogP contribution in [0.25, 0.3) is 5.69 Å². The first-order chi connectivity index (χ1) is 7.79. The lowest BCUT2D eigenvalue weighted by Crippen LogP contribution is -2.11. The highest BCUT2D eigenvalue weighted by Gasteiger charge is 2.03. The first kappa shape index (κ1) is 11.2. The summed E-state index contributed by atoms with van der Waals surface area (Å²) >= 11 is 3.38. The number of hydrogen-bond acceptors (Lipinski definition) is 4. The molecule has 0 atom stereocenters. The maximum atomic E-state index is 4.29. The summed E-state index contributed by atoms with van der Waals surface area (Å²) in [5, 5.41) is 15.3. The molecule has 1 N–H and O–H groups in total. The Bertz CT molecular complexity index is 450. The van der Waals surface area contributed by atoms with Gasteiger partial charge in [-0.15, -0.1) is 15.0 Å². The highest BCUT2D eigenvalue weighted by molar-refractivity contribution is 9.10. The van der Waals surface area contributed by atoms with Gasteiger partial charge >= 0.3 is 0 Å². The summed E-state index contributed by atoms with van der Waals surface area (Å²) in [6, 6.07) is 7.78. The SMILES string of the molecule is CNCCc1nnn(-c2ccc(Br)cc2)n1. The third-order valence-corrected chi connectivity index (χ3v) is 2.64. The Morgan fingerprint density at radius 1 is 1.31 bits per heavy atom. The molecule has 2 rings (SSSR count). The van der Waals surface area contributed by atoms with Gasteiger partial charge in [-0.3, -0.25) is 0 Å². The van der Waals surface area contributed by atoms with Crippen LogP contribution in [-0.4, -0.2) is 33.8 Å². The van der Waals surface area contributed by atoms with Crippen molar-refractivity contribution >= 4 is 15.9 Å². The molecule has 0 saturated carbocycles. The van der Waals surface area contributed by atoms with E-state index in [1.807, 2.05) is 31.3 Å². The summed E-state index contributed by atoms with van der Waals surface area (Å²) in [5.74, 6) is 0.747. The van der Waals surface area contributed by atoms with Crippen LogP contribution in [0, 0.1) is 0 Å². The molecule has 0 aliphatic heterocycles. The van der Waals surface area contributed by atoms with Gasteiger partial charge in [0.15, 0.2) is 5.82 Å². The van der Waals surface area contributed by atoms with Crippen molar-refractivity contribution < 1.29 is 0 Å². The number of benzene rings is 1. The van der Waals surface area contributed by atoms with E-state index < -0.39 is 0 Å². The number of likely N-dealkylation sites (N-methyl/N-ethyl adjacent to an activating group) is 1. The van der Waals surface area contributed by atoms with Crippen LogP contribution in [0.3, 0.4) is 0 Å². The Hall–Kier alpha value is -1.27. The Morgan fingerprint density at radius 2 is 2.06 bits per heavy atom. The third kappa shape index (κ3) is 2.65. The van der Waals surface area contributed by atoms with E-state index in [-0.39, 0.29) is 0 Å². The molecule has 0 unspecified atom stereocenters. The summed E-state index contributed by atoms with van der Waals surface area (Å²) < 4.78 is 1.03. The van der Waals surface area contributed by atoms with Crippen LogP contribution in [0.4, 0.5) is 0 Å². The maximum Gasteiger partial charge on any atom is 0.176 e. The second-order valence-corrected chi connectivity index (χ2v) is 4.24. The predicted octanol–water partition coefficient (Wildman–Crippen LogP) is 1.19. The Kier molecular flexibility index (Phi) is 3.63. The number of aromatic nitrogens is 4. The fourth-order valence-electron chi connectivity index (χ4n) is 1.26. The molecule has 0 fully saturated rings. The Balaban J connectivity index is 2.15. The van der Waals surface area contributed by atoms with Crippen LogP contribution in [0.15, 0.2) is 28.7 Å². The van der Waals surface area contributed by atoms with Crippen LogP contribution >= 0.6 is 15.9 Å². The standard InChI is InChI=1S/C10H12BrN5/c1-12-7-6-10-13-15-16(14-10)9-4-2-8(11)3-5-9/h2-5,12H,6-7H2,1H3. The number of nitrogens with zero attached hydrogens (tertiary/aromatic N) is 4. The van der Waals surface area contributed by atoms with Crippen LogP contribution in [0.5, 0.6) is 0 Å². The minimum absolute atomic E-state index is 0.747. The zero-order valence-corrected chi connectivity index (χ0v) is 10.5. The number of hydrogen-bond donors (Lipinski definition) is 1.